The van der Waals surface area contributed by atoms with Gasteiger partial charge in [-0.05, 0) is 31.2 Å². The molecule has 20 heavy (non-hydrogen) atoms. The quantitative estimate of drug-likeness (QED) is 0.848. The van der Waals surface area contributed by atoms with Gasteiger partial charge < -0.3 is 11.1 Å². The van der Waals surface area contributed by atoms with Crippen molar-refractivity contribution in [1.29, 1.82) is 0 Å². The summed E-state index contributed by atoms with van der Waals surface area (Å²) in [5.41, 5.74) is 6.97. The molecule has 3 N–H and O–H groups in total. The van der Waals surface area contributed by atoms with E-state index < -0.39 is 0 Å². The Bertz CT molecular complexity index is 404. The first-order chi connectivity index (χ1) is 8.81. The first kappa shape index (κ1) is 18.9. The Kier molecular flexibility index (Phi) is 7.84. The molecule has 0 bridgehead atoms. The number of nitrogens with one attached hydrogen (secondary N) is 1. The van der Waals surface area contributed by atoms with Crippen molar-refractivity contribution in [2.75, 3.05) is 0 Å². The smallest absolute Gasteiger partial charge is 0.221 e. The SMILES string of the molecule is CC(N)CC(=O)NC(C)CC(C)(C)c1ccccc1.Cl. The molecule has 0 heterocycles. The van der Waals surface area contributed by atoms with Gasteiger partial charge in [0.05, 0.1) is 0 Å². The molecule has 0 aliphatic carbocycles. The Labute approximate surface area is 128 Å². The van der Waals surface area contributed by atoms with Crippen LogP contribution in [0.3, 0.4) is 0 Å². The van der Waals surface area contributed by atoms with Crippen molar-refractivity contribution in [1.82, 2.24) is 5.32 Å². The van der Waals surface area contributed by atoms with Crippen LogP contribution in [0.5, 0.6) is 0 Å². The number of carbonyl (C=O) groups is 1. The molecule has 0 saturated heterocycles. The zero-order valence-corrected chi connectivity index (χ0v) is 13.7. The van der Waals surface area contributed by atoms with Gasteiger partial charge in [-0.1, -0.05) is 44.2 Å². The molecule has 0 aromatic heterocycles. The average Bonchev–Trinajstić information content (AvgIpc) is 2.27. The standard InChI is InChI=1S/C16H26N2O.ClH/c1-12(17)10-15(19)18-13(2)11-16(3,4)14-8-6-5-7-9-14;/h5-9,12-13H,10-11,17H2,1-4H3,(H,18,19);1H. The van der Waals surface area contributed by atoms with Gasteiger partial charge in [0.1, 0.15) is 0 Å². The number of hydrogen-bond donors (Lipinski definition) is 2. The van der Waals surface area contributed by atoms with Crippen LogP contribution >= 0.6 is 12.4 Å². The second kappa shape index (κ2) is 8.28. The van der Waals surface area contributed by atoms with Crippen molar-refractivity contribution in [2.45, 2.75) is 58.0 Å². The number of nitrogens with two attached hydrogens (primary N) is 1. The lowest BCUT2D eigenvalue weighted by molar-refractivity contribution is -0.122. The molecule has 1 aromatic carbocycles. The molecule has 2 atom stereocenters. The summed E-state index contributed by atoms with van der Waals surface area (Å²) >= 11 is 0. The summed E-state index contributed by atoms with van der Waals surface area (Å²) in [6.07, 6.45) is 1.29. The molecule has 0 spiro atoms. The highest BCUT2D eigenvalue weighted by Gasteiger charge is 2.23. The molecule has 1 amide bonds. The largest absolute Gasteiger partial charge is 0.354 e. The molecule has 0 aliphatic heterocycles. The van der Waals surface area contributed by atoms with Crippen LogP contribution in [-0.4, -0.2) is 18.0 Å². The van der Waals surface area contributed by atoms with Gasteiger partial charge in [0, 0.05) is 18.5 Å². The second-order valence-corrected chi connectivity index (χ2v) is 6.10. The van der Waals surface area contributed by atoms with E-state index in [0.717, 1.165) is 6.42 Å². The van der Waals surface area contributed by atoms with Crippen LogP contribution in [0, 0.1) is 0 Å². The molecule has 1 aromatic rings. The van der Waals surface area contributed by atoms with Gasteiger partial charge in [-0.25, -0.2) is 0 Å². The summed E-state index contributed by atoms with van der Waals surface area (Å²) in [6.45, 7) is 8.30. The summed E-state index contributed by atoms with van der Waals surface area (Å²) in [5, 5.41) is 3.02. The zero-order valence-electron chi connectivity index (χ0n) is 12.8. The third-order valence-corrected chi connectivity index (χ3v) is 3.29. The lowest BCUT2D eigenvalue weighted by Gasteiger charge is -2.29. The lowest BCUT2D eigenvalue weighted by atomic mass is 9.79. The minimum Gasteiger partial charge on any atom is -0.354 e. The Morgan fingerprint density at radius 1 is 1.25 bits per heavy atom. The first-order valence-electron chi connectivity index (χ1n) is 6.92. The van der Waals surface area contributed by atoms with Gasteiger partial charge in [-0.2, -0.15) is 0 Å². The van der Waals surface area contributed by atoms with Crippen molar-refractivity contribution in [3.63, 3.8) is 0 Å². The lowest BCUT2D eigenvalue weighted by Crippen LogP contribution is -2.39. The first-order valence-corrected chi connectivity index (χ1v) is 6.92. The number of benzene rings is 1. The van der Waals surface area contributed by atoms with E-state index in [-0.39, 0.29) is 35.8 Å². The van der Waals surface area contributed by atoms with E-state index in [0.29, 0.717) is 6.42 Å². The zero-order chi connectivity index (χ0) is 14.5. The van der Waals surface area contributed by atoms with Gasteiger partial charge in [-0.15, -0.1) is 12.4 Å². The minimum absolute atomic E-state index is 0. The predicted octanol–water partition coefficient (Wildman–Crippen LogP) is 3.02. The molecule has 0 fully saturated rings. The fourth-order valence-electron chi connectivity index (χ4n) is 2.45. The van der Waals surface area contributed by atoms with Crippen LogP contribution in [0.4, 0.5) is 0 Å². The van der Waals surface area contributed by atoms with Crippen LogP contribution in [0.2, 0.25) is 0 Å². The summed E-state index contributed by atoms with van der Waals surface area (Å²) in [5.74, 6) is 0.0337. The predicted molar refractivity (Wildman–Crippen MR) is 87.2 cm³/mol. The maximum atomic E-state index is 11.7. The van der Waals surface area contributed by atoms with E-state index in [2.05, 4.69) is 43.4 Å². The maximum absolute atomic E-state index is 11.7. The Morgan fingerprint density at radius 2 is 1.80 bits per heavy atom. The van der Waals surface area contributed by atoms with Crippen LogP contribution in [0.15, 0.2) is 30.3 Å². The fourth-order valence-corrected chi connectivity index (χ4v) is 2.45. The fraction of sp³-hybridized carbons (Fsp3) is 0.562. The van der Waals surface area contributed by atoms with Crippen molar-refractivity contribution in [3.8, 4) is 0 Å². The van der Waals surface area contributed by atoms with E-state index in [1.165, 1.54) is 5.56 Å². The number of carbonyl (C=O) groups excluding carboxylic acids is 1. The van der Waals surface area contributed by atoms with Crippen LogP contribution in [0.25, 0.3) is 0 Å². The van der Waals surface area contributed by atoms with Crippen LogP contribution < -0.4 is 11.1 Å². The molecule has 1 rings (SSSR count). The Balaban J connectivity index is 0.00000361. The highest BCUT2D eigenvalue weighted by atomic mass is 35.5. The molecule has 0 saturated carbocycles. The average molecular weight is 299 g/mol. The van der Waals surface area contributed by atoms with Crippen molar-refractivity contribution >= 4 is 18.3 Å². The highest BCUT2D eigenvalue weighted by molar-refractivity contribution is 5.85. The molecular weight excluding hydrogens is 272 g/mol. The van der Waals surface area contributed by atoms with E-state index in [1.807, 2.05) is 19.9 Å². The summed E-state index contributed by atoms with van der Waals surface area (Å²) in [6, 6.07) is 10.4. The maximum Gasteiger partial charge on any atom is 0.221 e. The van der Waals surface area contributed by atoms with Gasteiger partial charge >= 0.3 is 0 Å². The third-order valence-electron chi connectivity index (χ3n) is 3.29. The number of hydrogen-bond acceptors (Lipinski definition) is 2. The molecule has 0 aliphatic rings. The van der Waals surface area contributed by atoms with Gasteiger partial charge in [0.25, 0.3) is 0 Å². The van der Waals surface area contributed by atoms with Crippen molar-refractivity contribution < 1.29 is 4.79 Å². The summed E-state index contributed by atoms with van der Waals surface area (Å²) in [4.78, 5) is 11.7. The van der Waals surface area contributed by atoms with E-state index in [1.54, 1.807) is 0 Å². The minimum atomic E-state index is -0.0886. The Hall–Kier alpha value is -1.06. The highest BCUT2D eigenvalue weighted by Crippen LogP contribution is 2.28. The topological polar surface area (TPSA) is 55.1 Å². The van der Waals surface area contributed by atoms with Gasteiger partial charge in [0.15, 0.2) is 0 Å². The monoisotopic (exact) mass is 298 g/mol. The number of rotatable bonds is 6. The Morgan fingerprint density at radius 3 is 2.30 bits per heavy atom. The van der Waals surface area contributed by atoms with Crippen molar-refractivity contribution in [2.24, 2.45) is 5.73 Å². The molecule has 2 unspecified atom stereocenters. The van der Waals surface area contributed by atoms with E-state index >= 15 is 0 Å². The van der Waals surface area contributed by atoms with Crippen LogP contribution in [0.1, 0.15) is 46.1 Å². The summed E-state index contributed by atoms with van der Waals surface area (Å²) in [7, 11) is 0. The normalized spacial score (nSPS) is 14.1. The summed E-state index contributed by atoms with van der Waals surface area (Å²) < 4.78 is 0. The number of amides is 1. The van der Waals surface area contributed by atoms with Crippen LogP contribution in [-0.2, 0) is 10.2 Å². The third kappa shape index (κ3) is 6.40. The van der Waals surface area contributed by atoms with E-state index in [4.69, 9.17) is 5.73 Å². The second-order valence-electron chi connectivity index (χ2n) is 6.10. The van der Waals surface area contributed by atoms with Crippen molar-refractivity contribution in [3.05, 3.63) is 35.9 Å². The molecule has 3 nitrogen and oxygen atoms in total. The van der Waals surface area contributed by atoms with Gasteiger partial charge in [0.2, 0.25) is 5.91 Å². The number of halogens is 1. The molecule has 4 heteroatoms. The molecular formula is C16H27ClN2O. The molecule has 0 radical (unpaired) electrons. The molecule has 114 valence electrons. The van der Waals surface area contributed by atoms with Gasteiger partial charge in [-0.3, -0.25) is 4.79 Å². The van der Waals surface area contributed by atoms with E-state index in [9.17, 15) is 4.79 Å².